The number of fused-ring (bicyclic) bond motifs is 1. The Morgan fingerprint density at radius 1 is 1.00 bits per heavy atom. The minimum absolute atomic E-state index is 0.0262. The van der Waals surface area contributed by atoms with Gasteiger partial charge in [0.25, 0.3) is 0 Å². The lowest BCUT2D eigenvalue weighted by Gasteiger charge is -2.24. The number of carbonyl (C=O) groups is 2. The summed E-state index contributed by atoms with van der Waals surface area (Å²) in [5.74, 6) is 0.0353. The van der Waals surface area contributed by atoms with E-state index in [1.807, 2.05) is 24.4 Å². The molecule has 2 aromatic rings. The van der Waals surface area contributed by atoms with Gasteiger partial charge in [0.2, 0.25) is 5.91 Å². The van der Waals surface area contributed by atoms with Crippen molar-refractivity contribution in [1.82, 2.24) is 25.7 Å². The van der Waals surface area contributed by atoms with Gasteiger partial charge in [-0.05, 0) is 44.1 Å². The van der Waals surface area contributed by atoms with E-state index in [9.17, 15) is 9.59 Å². The highest BCUT2D eigenvalue weighted by Gasteiger charge is 2.25. The van der Waals surface area contributed by atoms with Gasteiger partial charge in [0.15, 0.2) is 0 Å². The van der Waals surface area contributed by atoms with E-state index in [-0.39, 0.29) is 18.0 Å². The van der Waals surface area contributed by atoms with E-state index < -0.39 is 0 Å². The molecule has 2 aliphatic carbocycles. The van der Waals surface area contributed by atoms with Crippen LogP contribution in [0.2, 0.25) is 0 Å². The van der Waals surface area contributed by atoms with Gasteiger partial charge in [0.1, 0.15) is 0 Å². The van der Waals surface area contributed by atoms with Gasteiger partial charge in [-0.2, -0.15) is 5.10 Å². The van der Waals surface area contributed by atoms with Crippen LogP contribution in [0.5, 0.6) is 0 Å². The molecule has 1 heterocycles. The van der Waals surface area contributed by atoms with Crippen molar-refractivity contribution >= 4 is 11.9 Å². The van der Waals surface area contributed by atoms with E-state index in [4.69, 9.17) is 0 Å². The lowest BCUT2D eigenvalue weighted by atomic mass is 9.92. The van der Waals surface area contributed by atoms with Gasteiger partial charge >= 0.3 is 6.03 Å². The molecule has 3 N–H and O–H groups in total. The average molecular weight is 438 g/mol. The maximum absolute atomic E-state index is 12.5. The van der Waals surface area contributed by atoms with Crippen molar-refractivity contribution in [2.75, 3.05) is 6.54 Å². The molecule has 7 heteroatoms. The summed E-state index contributed by atoms with van der Waals surface area (Å²) < 4.78 is 2.07. The molecule has 0 radical (unpaired) electrons. The predicted molar refractivity (Wildman–Crippen MR) is 124 cm³/mol. The second-order valence-electron chi connectivity index (χ2n) is 9.04. The number of nitrogens with zero attached hydrogens (tertiary/aromatic N) is 2. The number of hydrogen-bond donors (Lipinski definition) is 3. The Labute approximate surface area is 190 Å². The average Bonchev–Trinajstić information content (AvgIpc) is 3.22. The third-order valence-corrected chi connectivity index (χ3v) is 6.58. The van der Waals surface area contributed by atoms with Crippen LogP contribution in [0.25, 0.3) is 0 Å². The minimum atomic E-state index is -0.111. The van der Waals surface area contributed by atoms with Crippen molar-refractivity contribution in [3.63, 3.8) is 0 Å². The van der Waals surface area contributed by atoms with Crippen LogP contribution in [0.3, 0.4) is 0 Å². The SMILES string of the molecule is O=C(CCCNC(=O)NC1CCCCC1)N[C@@H]1CCCc2c1cnn2Cc1ccccc1. The zero-order chi connectivity index (χ0) is 22.2. The number of benzene rings is 1. The topological polar surface area (TPSA) is 88.1 Å². The first-order valence-corrected chi connectivity index (χ1v) is 12.1. The molecule has 1 saturated carbocycles. The highest BCUT2D eigenvalue weighted by molar-refractivity contribution is 5.77. The van der Waals surface area contributed by atoms with Crippen molar-refractivity contribution in [2.24, 2.45) is 0 Å². The zero-order valence-corrected chi connectivity index (χ0v) is 18.8. The lowest BCUT2D eigenvalue weighted by molar-refractivity contribution is -0.122. The summed E-state index contributed by atoms with van der Waals surface area (Å²) >= 11 is 0. The molecule has 0 spiro atoms. The maximum Gasteiger partial charge on any atom is 0.315 e. The largest absolute Gasteiger partial charge is 0.349 e. The molecular weight excluding hydrogens is 402 g/mol. The smallest absolute Gasteiger partial charge is 0.315 e. The molecule has 2 aliphatic rings. The van der Waals surface area contributed by atoms with Gasteiger partial charge in [0, 0.05) is 30.3 Å². The molecule has 32 heavy (non-hydrogen) atoms. The Bertz CT molecular complexity index is 889. The van der Waals surface area contributed by atoms with Crippen molar-refractivity contribution in [1.29, 1.82) is 0 Å². The van der Waals surface area contributed by atoms with E-state index in [1.165, 1.54) is 30.5 Å². The Balaban J connectivity index is 1.20. The molecule has 1 fully saturated rings. The number of hydrogen-bond acceptors (Lipinski definition) is 3. The summed E-state index contributed by atoms with van der Waals surface area (Å²) in [6.45, 7) is 1.27. The van der Waals surface area contributed by atoms with E-state index in [2.05, 4.69) is 37.9 Å². The second kappa shape index (κ2) is 11.2. The van der Waals surface area contributed by atoms with E-state index in [0.717, 1.165) is 44.2 Å². The number of aromatic nitrogens is 2. The van der Waals surface area contributed by atoms with Gasteiger partial charge in [0.05, 0.1) is 18.8 Å². The van der Waals surface area contributed by atoms with Crippen LogP contribution < -0.4 is 16.0 Å². The third-order valence-electron chi connectivity index (χ3n) is 6.58. The highest BCUT2D eigenvalue weighted by Crippen LogP contribution is 2.30. The number of nitrogens with one attached hydrogen (secondary N) is 3. The molecule has 0 unspecified atom stereocenters. The van der Waals surface area contributed by atoms with Crippen LogP contribution in [0.4, 0.5) is 4.79 Å². The third kappa shape index (κ3) is 6.11. The Kier molecular flexibility index (Phi) is 7.80. The zero-order valence-electron chi connectivity index (χ0n) is 18.8. The van der Waals surface area contributed by atoms with Crippen molar-refractivity contribution in [3.8, 4) is 0 Å². The summed E-state index contributed by atoms with van der Waals surface area (Å²) in [7, 11) is 0. The first kappa shape index (κ1) is 22.4. The fraction of sp³-hybridized carbons (Fsp3) is 0.560. The summed E-state index contributed by atoms with van der Waals surface area (Å²) in [6, 6.07) is 10.5. The standard InChI is InChI=1S/C25H35N5O2/c31-24(15-8-16-26-25(32)28-20-11-5-2-6-12-20)29-22-13-7-14-23-21(22)17-27-30(23)18-19-9-3-1-4-10-19/h1,3-4,9-10,17,20,22H,2,5-8,11-16,18H2,(H,29,31)(H2,26,28,32)/t22-/m1/s1. The second-order valence-corrected chi connectivity index (χ2v) is 9.04. The fourth-order valence-electron chi connectivity index (χ4n) is 4.86. The highest BCUT2D eigenvalue weighted by atomic mass is 16.2. The summed E-state index contributed by atoms with van der Waals surface area (Å²) in [5, 5.41) is 13.7. The Hall–Kier alpha value is -2.83. The van der Waals surface area contributed by atoms with Gasteiger partial charge in [-0.3, -0.25) is 9.48 Å². The molecule has 0 bridgehead atoms. The van der Waals surface area contributed by atoms with Crippen LogP contribution in [-0.4, -0.2) is 34.3 Å². The number of urea groups is 1. The summed E-state index contributed by atoms with van der Waals surface area (Å²) in [4.78, 5) is 24.5. The molecule has 3 amide bonds. The molecule has 1 aromatic carbocycles. The van der Waals surface area contributed by atoms with Crippen molar-refractivity contribution in [2.45, 2.75) is 82.8 Å². The van der Waals surface area contributed by atoms with Crippen LogP contribution in [0, 0.1) is 0 Å². The van der Waals surface area contributed by atoms with Gasteiger partial charge < -0.3 is 16.0 Å². The van der Waals surface area contributed by atoms with Gasteiger partial charge in [-0.25, -0.2) is 4.79 Å². The van der Waals surface area contributed by atoms with E-state index >= 15 is 0 Å². The number of rotatable bonds is 8. The van der Waals surface area contributed by atoms with Crippen LogP contribution in [0.1, 0.15) is 80.7 Å². The molecule has 0 aliphatic heterocycles. The Morgan fingerprint density at radius 2 is 1.81 bits per heavy atom. The number of amides is 3. The monoisotopic (exact) mass is 437 g/mol. The molecule has 1 aromatic heterocycles. The van der Waals surface area contributed by atoms with Gasteiger partial charge in [-0.15, -0.1) is 0 Å². The van der Waals surface area contributed by atoms with Crippen molar-refractivity contribution in [3.05, 3.63) is 53.3 Å². The van der Waals surface area contributed by atoms with Crippen LogP contribution >= 0.6 is 0 Å². The molecule has 1 atom stereocenters. The molecule has 0 saturated heterocycles. The minimum Gasteiger partial charge on any atom is -0.349 e. The van der Waals surface area contributed by atoms with E-state index in [1.54, 1.807) is 0 Å². The molecule has 4 rings (SSSR count). The molecule has 172 valence electrons. The molecular formula is C25H35N5O2. The quantitative estimate of drug-likeness (QED) is 0.548. The first-order valence-electron chi connectivity index (χ1n) is 12.1. The van der Waals surface area contributed by atoms with Crippen molar-refractivity contribution < 1.29 is 9.59 Å². The summed E-state index contributed by atoms with van der Waals surface area (Å²) in [6.07, 6.45) is 11.7. The first-order chi connectivity index (χ1) is 15.7. The molecule has 7 nitrogen and oxygen atoms in total. The lowest BCUT2D eigenvalue weighted by Crippen LogP contribution is -2.43. The summed E-state index contributed by atoms with van der Waals surface area (Å²) in [5.41, 5.74) is 3.60. The normalized spacial score (nSPS) is 18.6. The Morgan fingerprint density at radius 3 is 2.62 bits per heavy atom. The van der Waals surface area contributed by atoms with Gasteiger partial charge in [-0.1, -0.05) is 49.6 Å². The predicted octanol–water partition coefficient (Wildman–Crippen LogP) is 3.84. The van der Waals surface area contributed by atoms with Crippen LogP contribution in [0.15, 0.2) is 36.5 Å². The fourth-order valence-corrected chi connectivity index (χ4v) is 4.86. The maximum atomic E-state index is 12.5. The van der Waals surface area contributed by atoms with Crippen LogP contribution in [-0.2, 0) is 17.8 Å². The number of carbonyl (C=O) groups excluding carboxylic acids is 2. The van der Waals surface area contributed by atoms with E-state index in [0.29, 0.717) is 25.4 Å².